The summed E-state index contributed by atoms with van der Waals surface area (Å²) < 4.78 is 26.1. The van der Waals surface area contributed by atoms with Gasteiger partial charge in [-0.25, -0.2) is 8.42 Å². The van der Waals surface area contributed by atoms with Crippen LogP contribution in [-0.2, 0) is 16.6 Å². The van der Waals surface area contributed by atoms with Crippen LogP contribution in [0.1, 0.15) is 21.5 Å². The van der Waals surface area contributed by atoms with Crippen molar-refractivity contribution in [2.45, 2.75) is 13.5 Å². The van der Waals surface area contributed by atoms with Gasteiger partial charge in [0.1, 0.15) is 0 Å². The van der Waals surface area contributed by atoms with Crippen LogP contribution in [0.5, 0.6) is 0 Å². The molecule has 0 bridgehead atoms. The van der Waals surface area contributed by atoms with Crippen molar-refractivity contribution in [3.05, 3.63) is 63.6 Å². The molecule has 0 heterocycles. The zero-order valence-corrected chi connectivity index (χ0v) is 15.2. The molecule has 0 radical (unpaired) electrons. The van der Waals surface area contributed by atoms with E-state index in [9.17, 15) is 13.2 Å². The Hall–Kier alpha value is -1.86. The summed E-state index contributed by atoms with van der Waals surface area (Å²) in [5.41, 5.74) is 2.53. The lowest BCUT2D eigenvalue weighted by Gasteiger charge is -2.10. The Kier molecular flexibility index (Phi) is 5.43. The lowest BCUT2D eigenvalue weighted by atomic mass is 10.1. The minimum absolute atomic E-state index is 0.260. The Morgan fingerprint density at radius 1 is 1.13 bits per heavy atom. The van der Waals surface area contributed by atoms with Gasteiger partial charge in [-0.2, -0.15) is 0 Å². The molecule has 1 amide bonds. The average Bonchev–Trinajstić information content (AvgIpc) is 2.47. The fraction of sp³-hybridized carbons (Fsp3) is 0.188. The molecule has 2 N–H and O–H groups in total. The second-order valence-electron chi connectivity index (χ2n) is 5.21. The van der Waals surface area contributed by atoms with Gasteiger partial charge in [0.05, 0.1) is 11.9 Å². The third kappa shape index (κ3) is 5.37. The number of carbonyl (C=O) groups is 1. The summed E-state index contributed by atoms with van der Waals surface area (Å²) >= 11 is 3.36. The number of carbonyl (C=O) groups excluding carboxylic acids is 1. The number of aryl methyl sites for hydroxylation is 1. The van der Waals surface area contributed by atoms with Gasteiger partial charge in [-0.15, -0.1) is 0 Å². The van der Waals surface area contributed by atoms with Crippen molar-refractivity contribution in [1.29, 1.82) is 0 Å². The van der Waals surface area contributed by atoms with E-state index in [4.69, 9.17) is 0 Å². The summed E-state index contributed by atoms with van der Waals surface area (Å²) in [5, 5.41) is 2.81. The van der Waals surface area contributed by atoms with Crippen LogP contribution in [0.25, 0.3) is 0 Å². The van der Waals surface area contributed by atoms with Crippen LogP contribution in [0.15, 0.2) is 46.9 Å². The molecule has 23 heavy (non-hydrogen) atoms. The van der Waals surface area contributed by atoms with E-state index in [-0.39, 0.29) is 5.91 Å². The van der Waals surface area contributed by atoms with Gasteiger partial charge in [0.2, 0.25) is 10.0 Å². The second kappa shape index (κ2) is 7.14. The van der Waals surface area contributed by atoms with Crippen molar-refractivity contribution in [3.8, 4) is 0 Å². The van der Waals surface area contributed by atoms with Crippen LogP contribution in [-0.4, -0.2) is 20.6 Å². The first-order valence-corrected chi connectivity index (χ1v) is 9.54. The lowest BCUT2D eigenvalue weighted by Crippen LogP contribution is -2.23. The first-order chi connectivity index (χ1) is 10.7. The predicted molar refractivity (Wildman–Crippen MR) is 95.0 cm³/mol. The number of hydrogen-bond acceptors (Lipinski definition) is 3. The number of nitrogens with one attached hydrogen (secondary N) is 2. The van der Waals surface area contributed by atoms with Crippen molar-refractivity contribution in [3.63, 3.8) is 0 Å². The molecule has 0 aliphatic rings. The van der Waals surface area contributed by atoms with Crippen molar-refractivity contribution >= 4 is 37.5 Å². The van der Waals surface area contributed by atoms with Crippen LogP contribution in [0.4, 0.5) is 5.69 Å². The molecule has 0 atom stereocenters. The van der Waals surface area contributed by atoms with Gasteiger partial charge in [-0.05, 0) is 42.3 Å². The molecule has 0 unspecified atom stereocenters. The fourth-order valence-corrected chi connectivity index (χ4v) is 2.84. The molecular formula is C16H17BrN2O3S. The SMILES string of the molecule is Cc1ccc(C(=O)NCc2ccc(Br)cc2)cc1NS(C)(=O)=O. The van der Waals surface area contributed by atoms with Crippen LogP contribution >= 0.6 is 15.9 Å². The van der Waals surface area contributed by atoms with E-state index in [0.717, 1.165) is 21.9 Å². The maximum atomic E-state index is 12.2. The molecule has 0 aliphatic carbocycles. The predicted octanol–water partition coefficient (Wildman–Crippen LogP) is 3.06. The molecule has 5 nitrogen and oxygen atoms in total. The van der Waals surface area contributed by atoms with Crippen LogP contribution in [0.2, 0.25) is 0 Å². The zero-order chi connectivity index (χ0) is 17.0. The molecular weight excluding hydrogens is 380 g/mol. The summed E-state index contributed by atoms with van der Waals surface area (Å²) in [7, 11) is -3.39. The van der Waals surface area contributed by atoms with Crippen molar-refractivity contribution in [2.24, 2.45) is 0 Å². The van der Waals surface area contributed by atoms with E-state index in [2.05, 4.69) is 26.0 Å². The maximum absolute atomic E-state index is 12.2. The highest BCUT2D eigenvalue weighted by molar-refractivity contribution is 9.10. The number of rotatable bonds is 5. The summed E-state index contributed by atoms with van der Waals surface area (Å²) in [6.45, 7) is 2.17. The summed E-state index contributed by atoms with van der Waals surface area (Å²) in [5.74, 6) is -0.260. The van der Waals surface area contributed by atoms with Gasteiger partial charge in [0.15, 0.2) is 0 Å². The van der Waals surface area contributed by atoms with E-state index < -0.39 is 10.0 Å². The van der Waals surface area contributed by atoms with Gasteiger partial charge >= 0.3 is 0 Å². The number of amides is 1. The lowest BCUT2D eigenvalue weighted by molar-refractivity contribution is 0.0951. The van der Waals surface area contributed by atoms with E-state index in [1.165, 1.54) is 6.07 Å². The fourth-order valence-electron chi connectivity index (χ4n) is 1.96. The average molecular weight is 397 g/mol. The van der Waals surface area contributed by atoms with Crippen LogP contribution in [0.3, 0.4) is 0 Å². The van der Waals surface area contributed by atoms with E-state index in [0.29, 0.717) is 17.8 Å². The molecule has 122 valence electrons. The van der Waals surface area contributed by atoms with Gasteiger partial charge < -0.3 is 5.32 Å². The summed E-state index contributed by atoms with van der Waals surface area (Å²) in [6, 6.07) is 12.5. The topological polar surface area (TPSA) is 75.3 Å². The van der Waals surface area contributed by atoms with Gasteiger partial charge in [-0.3, -0.25) is 9.52 Å². The molecule has 0 saturated carbocycles. The van der Waals surface area contributed by atoms with Gasteiger partial charge in [0, 0.05) is 16.6 Å². The number of benzene rings is 2. The monoisotopic (exact) mass is 396 g/mol. The Labute approximate surface area is 144 Å². The molecule has 0 aromatic heterocycles. The molecule has 2 rings (SSSR count). The van der Waals surface area contributed by atoms with E-state index in [1.807, 2.05) is 24.3 Å². The quantitative estimate of drug-likeness (QED) is 0.815. The molecule has 0 fully saturated rings. The summed E-state index contributed by atoms with van der Waals surface area (Å²) in [6.07, 6.45) is 1.08. The second-order valence-corrected chi connectivity index (χ2v) is 7.88. The number of sulfonamides is 1. The minimum Gasteiger partial charge on any atom is -0.348 e. The van der Waals surface area contributed by atoms with Gasteiger partial charge in [-0.1, -0.05) is 34.1 Å². The van der Waals surface area contributed by atoms with Crippen LogP contribution < -0.4 is 10.0 Å². The normalized spacial score (nSPS) is 11.1. The highest BCUT2D eigenvalue weighted by Gasteiger charge is 2.10. The first-order valence-electron chi connectivity index (χ1n) is 6.86. The minimum atomic E-state index is -3.39. The smallest absolute Gasteiger partial charge is 0.251 e. The Bertz CT molecular complexity index is 818. The summed E-state index contributed by atoms with van der Waals surface area (Å²) in [4.78, 5) is 12.2. The Morgan fingerprint density at radius 3 is 2.39 bits per heavy atom. The van der Waals surface area contributed by atoms with Crippen molar-refractivity contribution in [1.82, 2.24) is 5.32 Å². The third-order valence-corrected chi connectivity index (χ3v) is 4.28. The van der Waals surface area contributed by atoms with E-state index in [1.54, 1.807) is 19.1 Å². The zero-order valence-electron chi connectivity index (χ0n) is 12.8. The largest absolute Gasteiger partial charge is 0.348 e. The number of anilines is 1. The first kappa shape index (κ1) is 17.5. The van der Waals surface area contributed by atoms with E-state index >= 15 is 0 Å². The van der Waals surface area contributed by atoms with Gasteiger partial charge in [0.25, 0.3) is 5.91 Å². The Balaban J connectivity index is 2.10. The number of hydrogen-bond donors (Lipinski definition) is 2. The van der Waals surface area contributed by atoms with Crippen molar-refractivity contribution < 1.29 is 13.2 Å². The highest BCUT2D eigenvalue weighted by atomic mass is 79.9. The number of halogens is 1. The Morgan fingerprint density at radius 2 is 1.78 bits per heavy atom. The molecule has 2 aromatic carbocycles. The molecule has 0 spiro atoms. The molecule has 7 heteroatoms. The third-order valence-electron chi connectivity index (χ3n) is 3.16. The molecule has 2 aromatic rings. The molecule has 0 saturated heterocycles. The maximum Gasteiger partial charge on any atom is 0.251 e. The standard InChI is InChI=1S/C16H17BrN2O3S/c1-11-3-6-13(9-15(11)19-23(2,21)22)16(20)18-10-12-4-7-14(17)8-5-12/h3-9,19H,10H2,1-2H3,(H,18,20). The highest BCUT2D eigenvalue weighted by Crippen LogP contribution is 2.18. The van der Waals surface area contributed by atoms with Crippen LogP contribution in [0, 0.1) is 6.92 Å². The van der Waals surface area contributed by atoms with Crippen molar-refractivity contribution in [2.75, 3.05) is 11.0 Å². The molecule has 0 aliphatic heterocycles.